The number of hydrogen-bond donors (Lipinski definition) is 2. The van der Waals surface area contributed by atoms with Gasteiger partial charge in [-0.25, -0.2) is 0 Å². The van der Waals surface area contributed by atoms with Crippen molar-refractivity contribution in [2.24, 2.45) is 11.3 Å². The average molecular weight is 668 g/mol. The molecule has 6 atom stereocenters. The van der Waals surface area contributed by atoms with E-state index in [1.54, 1.807) is 0 Å². The van der Waals surface area contributed by atoms with Crippen LogP contribution in [0.1, 0.15) is 98.0 Å². The normalized spacial score (nSPS) is 30.2. The fourth-order valence-electron chi connectivity index (χ4n) is 8.13. The Balaban J connectivity index is 0.00000461. The van der Waals surface area contributed by atoms with Gasteiger partial charge in [0.05, 0.1) is 6.04 Å². The van der Waals surface area contributed by atoms with Gasteiger partial charge in [0.1, 0.15) is 12.3 Å². The predicted octanol–water partition coefficient (Wildman–Crippen LogP) is 5.45. The number of nitrogens with one attached hydrogen (secondary N) is 1. The van der Waals surface area contributed by atoms with Gasteiger partial charge in [-0.3, -0.25) is 19.4 Å². The fraction of sp³-hybridized carbons (Fsp3) is 0.771. The van der Waals surface area contributed by atoms with Gasteiger partial charge < -0.3 is 20.1 Å². The first kappa shape index (κ1) is 36.4. The molecule has 254 valence electrons. The van der Waals surface area contributed by atoms with E-state index in [1.807, 2.05) is 24.0 Å². The molecule has 0 radical (unpaired) electrons. The minimum absolute atomic E-state index is 0. The first-order chi connectivity index (χ1) is 20.8. The molecule has 4 fully saturated rings. The summed E-state index contributed by atoms with van der Waals surface area (Å²) in [6.45, 7) is 16.3. The van der Waals surface area contributed by atoms with E-state index in [0.717, 1.165) is 57.2 Å². The number of nitrogens with zero attached hydrogens (tertiary/aromatic N) is 3. The van der Waals surface area contributed by atoms with E-state index in [1.165, 1.54) is 0 Å². The van der Waals surface area contributed by atoms with Crippen LogP contribution in [0, 0.1) is 11.3 Å². The van der Waals surface area contributed by atoms with Gasteiger partial charge in [0.2, 0.25) is 5.91 Å². The van der Waals surface area contributed by atoms with Gasteiger partial charge in [0.25, 0.3) is 5.91 Å². The average Bonchev–Trinajstić information content (AvgIpc) is 3.74. The van der Waals surface area contributed by atoms with Crippen molar-refractivity contribution in [3.63, 3.8) is 0 Å². The molecule has 5 rings (SSSR count). The van der Waals surface area contributed by atoms with Crippen molar-refractivity contribution in [1.82, 2.24) is 20.0 Å². The van der Waals surface area contributed by atoms with E-state index in [4.69, 9.17) is 16.3 Å². The molecule has 45 heavy (non-hydrogen) atoms. The monoisotopic (exact) mass is 666 g/mol. The van der Waals surface area contributed by atoms with Crippen LogP contribution < -0.4 is 5.32 Å². The first-order valence-electron chi connectivity index (χ1n) is 16.9. The van der Waals surface area contributed by atoms with E-state index in [9.17, 15) is 14.7 Å². The van der Waals surface area contributed by atoms with Crippen molar-refractivity contribution in [3.8, 4) is 0 Å². The van der Waals surface area contributed by atoms with Crippen molar-refractivity contribution < 1.29 is 19.4 Å². The lowest BCUT2D eigenvalue weighted by Gasteiger charge is -2.43. The lowest BCUT2D eigenvalue weighted by molar-refractivity contribution is -0.147. The minimum Gasteiger partial charge on any atom is -0.378 e. The standard InChI is InChI=1S/C35H55ClN4O4.ClH/c1-7-37-31(41)29-19-26(40(33(43)30-9-8-18-44-30)25-14-16-35(5,6)17-15-25)20-39(29)32(42)28-22-38(34(2,3)4)21-27(28)23-10-12-24(36)13-11-23;/h10-13,25-30,32,42H,7-9,14-22H2,1-6H3,(H,37,41);1H/t26-,27-,28+,29-,30-,32?;/m0./s1. The quantitative estimate of drug-likeness (QED) is 0.384. The Bertz CT molecular complexity index is 1140. The van der Waals surface area contributed by atoms with E-state index >= 15 is 0 Å². The number of benzene rings is 1. The third kappa shape index (κ3) is 8.18. The number of aliphatic hydroxyl groups excluding tert-OH is 1. The lowest BCUT2D eigenvalue weighted by atomic mass is 9.75. The summed E-state index contributed by atoms with van der Waals surface area (Å²) >= 11 is 6.25. The molecule has 0 bridgehead atoms. The summed E-state index contributed by atoms with van der Waals surface area (Å²) in [6, 6.07) is 7.44. The van der Waals surface area contributed by atoms with Crippen LogP contribution in [0.5, 0.6) is 0 Å². The Morgan fingerprint density at radius 3 is 2.33 bits per heavy atom. The van der Waals surface area contributed by atoms with Gasteiger partial charge >= 0.3 is 0 Å². The highest BCUT2D eigenvalue weighted by atomic mass is 35.5. The van der Waals surface area contributed by atoms with Crippen LogP contribution in [0.4, 0.5) is 0 Å². The fourth-order valence-corrected chi connectivity index (χ4v) is 8.25. The molecular weight excluding hydrogens is 611 g/mol. The molecule has 1 unspecified atom stereocenters. The van der Waals surface area contributed by atoms with E-state index in [0.29, 0.717) is 31.1 Å². The molecule has 0 spiro atoms. The highest BCUT2D eigenvalue weighted by Crippen LogP contribution is 2.43. The summed E-state index contributed by atoms with van der Waals surface area (Å²) in [4.78, 5) is 34.3. The zero-order chi connectivity index (χ0) is 31.8. The van der Waals surface area contributed by atoms with Gasteiger partial charge in [-0.1, -0.05) is 37.6 Å². The topological polar surface area (TPSA) is 85.3 Å². The molecule has 1 saturated carbocycles. The molecule has 1 aliphatic carbocycles. The summed E-state index contributed by atoms with van der Waals surface area (Å²) in [5.41, 5.74) is 1.36. The Morgan fingerprint density at radius 1 is 1.09 bits per heavy atom. The van der Waals surface area contributed by atoms with E-state index < -0.39 is 18.4 Å². The van der Waals surface area contributed by atoms with Gasteiger partial charge in [-0.05, 0) is 95.8 Å². The van der Waals surface area contributed by atoms with Crippen molar-refractivity contribution in [2.75, 3.05) is 32.8 Å². The molecule has 3 heterocycles. The van der Waals surface area contributed by atoms with Gasteiger partial charge in [0.15, 0.2) is 0 Å². The Hall–Kier alpha value is -1.42. The number of amides is 2. The zero-order valence-corrected chi connectivity index (χ0v) is 29.7. The van der Waals surface area contributed by atoms with Crippen molar-refractivity contribution in [1.29, 1.82) is 0 Å². The molecule has 1 aromatic rings. The van der Waals surface area contributed by atoms with E-state index in [-0.39, 0.29) is 59.1 Å². The summed E-state index contributed by atoms with van der Waals surface area (Å²) in [7, 11) is 0. The second-order valence-corrected chi connectivity index (χ2v) is 15.9. The van der Waals surface area contributed by atoms with Crippen LogP contribution in [-0.2, 0) is 14.3 Å². The largest absolute Gasteiger partial charge is 0.378 e. The van der Waals surface area contributed by atoms with Crippen molar-refractivity contribution in [2.45, 2.75) is 128 Å². The molecule has 3 saturated heterocycles. The Kier molecular flexibility index (Phi) is 12.0. The molecule has 1 aromatic carbocycles. The van der Waals surface area contributed by atoms with Gasteiger partial charge in [-0.15, -0.1) is 12.4 Å². The summed E-state index contributed by atoms with van der Waals surface area (Å²) in [6.07, 6.45) is 4.97. The number of hydrogen-bond acceptors (Lipinski definition) is 6. The molecule has 0 aromatic heterocycles. The zero-order valence-electron chi connectivity index (χ0n) is 28.1. The third-order valence-corrected chi connectivity index (χ3v) is 11.1. The van der Waals surface area contributed by atoms with Gasteiger partial charge in [-0.2, -0.15) is 0 Å². The predicted molar refractivity (Wildman–Crippen MR) is 182 cm³/mol. The summed E-state index contributed by atoms with van der Waals surface area (Å²) in [5, 5.41) is 16.0. The third-order valence-electron chi connectivity index (χ3n) is 10.9. The van der Waals surface area contributed by atoms with Crippen LogP contribution in [0.2, 0.25) is 5.02 Å². The SMILES string of the molecule is CCNC(=O)[C@@H]1C[C@H](N(C(=O)[C@@H]2CCCO2)C2CCC(C)(C)CC2)CN1C(O)[C@@H]1CN(C(C)(C)C)C[C@H]1c1ccc(Cl)cc1.Cl. The maximum Gasteiger partial charge on any atom is 0.252 e. The second kappa shape index (κ2) is 14.8. The first-order valence-corrected chi connectivity index (χ1v) is 17.3. The number of likely N-dealkylation sites (N-methyl/N-ethyl adjacent to an activating group) is 1. The van der Waals surface area contributed by atoms with Crippen LogP contribution in [0.25, 0.3) is 0 Å². The molecule has 2 N–H and O–H groups in total. The molecule has 10 heteroatoms. The molecule has 8 nitrogen and oxygen atoms in total. The summed E-state index contributed by atoms with van der Waals surface area (Å²) in [5.74, 6) is -0.0245. The van der Waals surface area contributed by atoms with Crippen LogP contribution in [0.3, 0.4) is 0 Å². The number of carbonyl (C=O) groups excluding carboxylic acids is 2. The number of rotatable bonds is 8. The molecule has 4 aliphatic rings. The van der Waals surface area contributed by atoms with E-state index in [2.05, 4.69) is 61.9 Å². The van der Waals surface area contributed by atoms with Crippen molar-refractivity contribution in [3.05, 3.63) is 34.9 Å². The van der Waals surface area contributed by atoms with Crippen LogP contribution in [-0.4, -0.2) is 100 Å². The number of likely N-dealkylation sites (tertiary alicyclic amines) is 2. The summed E-state index contributed by atoms with van der Waals surface area (Å²) < 4.78 is 5.92. The number of carbonyl (C=O) groups is 2. The number of halogens is 2. The smallest absolute Gasteiger partial charge is 0.252 e. The lowest BCUT2D eigenvalue weighted by Crippen LogP contribution is -2.54. The van der Waals surface area contributed by atoms with Crippen LogP contribution >= 0.6 is 24.0 Å². The van der Waals surface area contributed by atoms with Gasteiger partial charge in [0, 0.05) is 67.3 Å². The Morgan fingerprint density at radius 2 is 1.76 bits per heavy atom. The molecule has 2 amide bonds. The minimum atomic E-state index is -0.842. The Labute approximate surface area is 282 Å². The maximum atomic E-state index is 14.1. The molecule has 3 aliphatic heterocycles. The highest BCUT2D eigenvalue weighted by molar-refractivity contribution is 6.30. The highest BCUT2D eigenvalue weighted by Gasteiger charge is 2.51. The van der Waals surface area contributed by atoms with Crippen LogP contribution in [0.15, 0.2) is 24.3 Å². The number of aliphatic hydroxyl groups is 1. The number of ether oxygens (including phenoxy) is 1. The molecular formula is C35H56Cl2N4O4. The maximum absolute atomic E-state index is 14.1. The second-order valence-electron chi connectivity index (χ2n) is 15.5. The van der Waals surface area contributed by atoms with Crippen molar-refractivity contribution >= 4 is 35.8 Å².